The zero-order valence-corrected chi connectivity index (χ0v) is 15.9. The normalized spacial score (nSPS) is 20.9. The van der Waals surface area contributed by atoms with E-state index in [1.807, 2.05) is 18.0 Å². The van der Waals surface area contributed by atoms with Crippen molar-refractivity contribution in [1.82, 2.24) is 19.4 Å². The molecule has 0 aromatic carbocycles. The van der Waals surface area contributed by atoms with Crippen LogP contribution in [-0.4, -0.2) is 51.5 Å². The van der Waals surface area contributed by atoms with Crippen molar-refractivity contribution in [2.24, 2.45) is 5.92 Å². The Kier molecular flexibility index (Phi) is 4.69. The molecule has 1 atom stereocenters. The van der Waals surface area contributed by atoms with E-state index in [4.69, 9.17) is 11.6 Å². The maximum atomic E-state index is 12.0. The molecule has 2 aliphatic rings. The number of halogens is 1. The molecule has 0 N–H and O–H groups in total. The zero-order valence-electron chi connectivity index (χ0n) is 14.3. The van der Waals surface area contributed by atoms with Crippen LogP contribution in [0.1, 0.15) is 26.2 Å². The largest absolute Gasteiger partial charge is 0.348 e. The summed E-state index contributed by atoms with van der Waals surface area (Å²) in [5.41, 5.74) is 0. The van der Waals surface area contributed by atoms with Crippen molar-refractivity contribution < 1.29 is 4.79 Å². The summed E-state index contributed by atoms with van der Waals surface area (Å²) >= 11 is 8.04. The molecule has 8 heteroatoms. The van der Waals surface area contributed by atoms with Gasteiger partial charge in [-0.05, 0) is 19.8 Å². The number of imidazole rings is 1. The smallest absolute Gasteiger partial charge is 0.222 e. The molecule has 1 amide bonds. The van der Waals surface area contributed by atoms with E-state index < -0.39 is 0 Å². The molecule has 134 valence electrons. The highest BCUT2D eigenvalue weighted by molar-refractivity contribution is 7.19. The lowest BCUT2D eigenvalue weighted by atomic mass is 10.1. The number of aromatic nitrogens is 3. The molecule has 2 aromatic rings. The first kappa shape index (κ1) is 16.8. The van der Waals surface area contributed by atoms with E-state index >= 15 is 0 Å². The molecule has 0 aliphatic carbocycles. The van der Waals surface area contributed by atoms with Crippen molar-refractivity contribution in [3.63, 3.8) is 0 Å². The highest BCUT2D eigenvalue weighted by atomic mass is 35.5. The number of likely N-dealkylation sites (tertiary alicyclic amines) is 1. The Labute approximate surface area is 156 Å². The minimum Gasteiger partial charge on any atom is -0.348 e. The van der Waals surface area contributed by atoms with Crippen LogP contribution in [-0.2, 0) is 11.3 Å². The van der Waals surface area contributed by atoms with Crippen molar-refractivity contribution in [3.05, 3.63) is 17.5 Å². The summed E-state index contributed by atoms with van der Waals surface area (Å²) in [6, 6.07) is 0. The summed E-state index contributed by atoms with van der Waals surface area (Å²) in [5.74, 6) is 1.43. The molecule has 2 fully saturated rings. The monoisotopic (exact) mass is 379 g/mol. The Balaban J connectivity index is 1.55. The summed E-state index contributed by atoms with van der Waals surface area (Å²) in [6.45, 7) is 6.52. The van der Waals surface area contributed by atoms with Gasteiger partial charge in [0.15, 0.2) is 16.1 Å². The minimum atomic E-state index is 0.251. The molecule has 4 rings (SSSR count). The first-order valence-corrected chi connectivity index (χ1v) is 10.1. The zero-order chi connectivity index (χ0) is 17.4. The second-order valence-electron chi connectivity index (χ2n) is 6.72. The second-order valence-corrected chi connectivity index (χ2v) is 8.05. The Bertz CT molecular complexity index is 767. The lowest BCUT2D eigenvalue weighted by Crippen LogP contribution is -2.25. The van der Waals surface area contributed by atoms with Crippen molar-refractivity contribution >= 4 is 34.0 Å². The molecule has 6 nitrogen and oxygen atoms in total. The van der Waals surface area contributed by atoms with Gasteiger partial charge in [-0.2, -0.15) is 0 Å². The fraction of sp³-hybridized carbons (Fsp3) is 0.588. The van der Waals surface area contributed by atoms with Gasteiger partial charge in [-0.1, -0.05) is 22.9 Å². The maximum Gasteiger partial charge on any atom is 0.222 e. The van der Waals surface area contributed by atoms with Crippen LogP contribution < -0.4 is 4.90 Å². The fourth-order valence-electron chi connectivity index (χ4n) is 3.70. The lowest BCUT2D eigenvalue weighted by molar-refractivity contribution is -0.127. The number of carbonyl (C=O) groups excluding carboxylic acids is 1. The number of hydrogen-bond acceptors (Lipinski definition) is 5. The van der Waals surface area contributed by atoms with Crippen LogP contribution in [0.5, 0.6) is 0 Å². The molecule has 2 aromatic heterocycles. The summed E-state index contributed by atoms with van der Waals surface area (Å²) in [4.78, 5) is 26.2. The van der Waals surface area contributed by atoms with Gasteiger partial charge < -0.3 is 14.4 Å². The van der Waals surface area contributed by atoms with E-state index in [0.29, 0.717) is 17.5 Å². The van der Waals surface area contributed by atoms with E-state index in [9.17, 15) is 4.79 Å². The van der Waals surface area contributed by atoms with Crippen LogP contribution in [0.4, 0.5) is 5.13 Å². The van der Waals surface area contributed by atoms with Crippen molar-refractivity contribution in [2.75, 3.05) is 31.1 Å². The summed E-state index contributed by atoms with van der Waals surface area (Å²) < 4.78 is 2.12. The predicted molar refractivity (Wildman–Crippen MR) is 100 cm³/mol. The highest BCUT2D eigenvalue weighted by Crippen LogP contribution is 2.38. The third kappa shape index (κ3) is 3.27. The van der Waals surface area contributed by atoms with Crippen LogP contribution in [0.3, 0.4) is 0 Å². The third-order valence-corrected chi connectivity index (χ3v) is 6.50. The van der Waals surface area contributed by atoms with E-state index in [0.717, 1.165) is 48.6 Å². The van der Waals surface area contributed by atoms with Gasteiger partial charge in [0.1, 0.15) is 4.88 Å². The van der Waals surface area contributed by atoms with Crippen LogP contribution in [0.25, 0.3) is 10.7 Å². The van der Waals surface area contributed by atoms with E-state index in [2.05, 4.69) is 19.4 Å². The predicted octanol–water partition coefficient (Wildman–Crippen LogP) is 3.13. The van der Waals surface area contributed by atoms with Gasteiger partial charge in [-0.25, -0.2) is 9.97 Å². The Morgan fingerprint density at radius 2 is 2.16 bits per heavy atom. The molecule has 0 saturated carbocycles. The highest BCUT2D eigenvalue weighted by Gasteiger charge is 2.29. The van der Waals surface area contributed by atoms with Gasteiger partial charge in [0.2, 0.25) is 5.91 Å². The lowest BCUT2D eigenvalue weighted by Gasteiger charge is -2.15. The Morgan fingerprint density at radius 3 is 2.88 bits per heavy atom. The molecule has 0 radical (unpaired) electrons. The standard InChI is InChI=1S/C17H22ClN5OS/c1-2-21-10-12(9-13(21)24)11-23-8-5-19-16(23)14-15(18)20-17(25-14)22-6-3-4-7-22/h5,8,12H,2-4,6-7,9-11H2,1H3/t12-/m0/s1. The van der Waals surface area contributed by atoms with Crippen LogP contribution in [0, 0.1) is 5.92 Å². The third-order valence-electron chi connectivity index (χ3n) is 5.00. The number of nitrogens with zero attached hydrogens (tertiary/aromatic N) is 5. The topological polar surface area (TPSA) is 54.3 Å². The quantitative estimate of drug-likeness (QED) is 0.800. The van der Waals surface area contributed by atoms with Crippen LogP contribution in [0.2, 0.25) is 5.15 Å². The van der Waals surface area contributed by atoms with Gasteiger partial charge in [-0.3, -0.25) is 4.79 Å². The van der Waals surface area contributed by atoms with E-state index in [-0.39, 0.29) is 5.91 Å². The molecule has 2 aliphatic heterocycles. The van der Waals surface area contributed by atoms with Crippen molar-refractivity contribution in [2.45, 2.75) is 32.7 Å². The number of hydrogen-bond donors (Lipinski definition) is 0. The maximum absolute atomic E-state index is 12.0. The minimum absolute atomic E-state index is 0.251. The van der Waals surface area contributed by atoms with E-state index in [1.54, 1.807) is 17.5 Å². The molecule has 0 bridgehead atoms. The van der Waals surface area contributed by atoms with Gasteiger partial charge in [0.25, 0.3) is 0 Å². The fourth-order valence-corrected chi connectivity index (χ4v) is 5.05. The van der Waals surface area contributed by atoms with Gasteiger partial charge in [-0.15, -0.1) is 0 Å². The average Bonchev–Trinajstić information content (AvgIpc) is 3.35. The molecule has 2 saturated heterocycles. The average molecular weight is 380 g/mol. The Hall–Kier alpha value is -1.60. The molecule has 25 heavy (non-hydrogen) atoms. The molecule has 4 heterocycles. The van der Waals surface area contributed by atoms with Crippen LogP contribution in [0.15, 0.2) is 12.4 Å². The van der Waals surface area contributed by atoms with E-state index in [1.165, 1.54) is 12.8 Å². The SMILES string of the molecule is CCN1C[C@@H](Cn2ccnc2-c2sc(N3CCCC3)nc2Cl)CC1=O. The first-order chi connectivity index (χ1) is 12.2. The van der Waals surface area contributed by atoms with Crippen LogP contribution >= 0.6 is 22.9 Å². The molecule has 0 unspecified atom stereocenters. The number of rotatable bonds is 5. The van der Waals surface area contributed by atoms with Crippen molar-refractivity contribution in [3.8, 4) is 10.7 Å². The van der Waals surface area contributed by atoms with Gasteiger partial charge in [0, 0.05) is 57.5 Å². The Morgan fingerprint density at radius 1 is 1.36 bits per heavy atom. The number of anilines is 1. The number of thiazole rings is 1. The number of carbonyl (C=O) groups is 1. The van der Waals surface area contributed by atoms with Gasteiger partial charge in [0.05, 0.1) is 0 Å². The summed E-state index contributed by atoms with van der Waals surface area (Å²) in [5, 5.41) is 1.51. The first-order valence-electron chi connectivity index (χ1n) is 8.86. The molecular formula is C17H22ClN5OS. The van der Waals surface area contributed by atoms with Crippen molar-refractivity contribution in [1.29, 1.82) is 0 Å². The number of amides is 1. The summed E-state index contributed by atoms with van der Waals surface area (Å²) in [6.07, 6.45) is 6.81. The summed E-state index contributed by atoms with van der Waals surface area (Å²) in [7, 11) is 0. The molecule has 0 spiro atoms. The van der Waals surface area contributed by atoms with Gasteiger partial charge >= 0.3 is 0 Å². The second kappa shape index (κ2) is 6.96. The molecular weight excluding hydrogens is 358 g/mol.